The predicted octanol–water partition coefficient (Wildman–Crippen LogP) is 3.48. The van der Waals surface area contributed by atoms with Crippen molar-refractivity contribution in [1.82, 2.24) is 15.3 Å². The molecule has 1 N–H and O–H groups in total. The summed E-state index contributed by atoms with van der Waals surface area (Å²) in [5.41, 5.74) is 2.09. The molecule has 2 heterocycles. The van der Waals surface area contributed by atoms with Gasteiger partial charge >= 0.3 is 0 Å². The van der Waals surface area contributed by atoms with E-state index in [4.69, 9.17) is 0 Å². The Labute approximate surface area is 118 Å². The van der Waals surface area contributed by atoms with Crippen molar-refractivity contribution in [2.24, 2.45) is 5.92 Å². The van der Waals surface area contributed by atoms with E-state index < -0.39 is 0 Å². The highest BCUT2D eigenvalue weighted by Gasteiger charge is 2.16. The monoisotopic (exact) mass is 273 g/mol. The van der Waals surface area contributed by atoms with E-state index in [9.17, 15) is 0 Å². The van der Waals surface area contributed by atoms with Gasteiger partial charge in [0, 0.05) is 18.1 Å². The molecule has 0 unspecified atom stereocenters. The van der Waals surface area contributed by atoms with Crippen LogP contribution < -0.4 is 5.32 Å². The minimum absolute atomic E-state index is 0.871. The highest BCUT2D eigenvalue weighted by molar-refractivity contribution is 7.13. The molecule has 2 aromatic rings. The molecule has 0 aromatic carbocycles. The van der Waals surface area contributed by atoms with Crippen molar-refractivity contribution < 1.29 is 0 Å². The number of nitrogens with one attached hydrogen (secondary N) is 1. The van der Waals surface area contributed by atoms with Crippen LogP contribution in [0.1, 0.15) is 31.4 Å². The predicted molar refractivity (Wildman–Crippen MR) is 79.0 cm³/mol. The minimum atomic E-state index is 0.871. The fourth-order valence-electron chi connectivity index (χ4n) is 2.30. The SMILES string of the molecule is c1ccc(-c2nc(CNCCC3CCC3)cs2)nc1. The number of nitrogens with zero attached hydrogens (tertiary/aromatic N) is 2. The maximum atomic E-state index is 4.62. The van der Waals surface area contributed by atoms with E-state index in [2.05, 4.69) is 20.7 Å². The van der Waals surface area contributed by atoms with Crippen molar-refractivity contribution in [3.63, 3.8) is 0 Å². The van der Waals surface area contributed by atoms with Crippen LogP contribution in [0, 0.1) is 5.92 Å². The van der Waals surface area contributed by atoms with Gasteiger partial charge in [0.25, 0.3) is 0 Å². The topological polar surface area (TPSA) is 37.8 Å². The van der Waals surface area contributed by atoms with Crippen molar-refractivity contribution >= 4 is 11.3 Å². The van der Waals surface area contributed by atoms with Crippen LogP contribution in [0.25, 0.3) is 10.7 Å². The van der Waals surface area contributed by atoms with Gasteiger partial charge in [0.05, 0.1) is 11.4 Å². The Balaban J connectivity index is 1.48. The van der Waals surface area contributed by atoms with Crippen LogP contribution >= 0.6 is 11.3 Å². The van der Waals surface area contributed by atoms with Gasteiger partial charge in [0.2, 0.25) is 0 Å². The lowest BCUT2D eigenvalue weighted by Gasteiger charge is -2.25. The van der Waals surface area contributed by atoms with Crippen molar-refractivity contribution in [2.75, 3.05) is 6.54 Å². The van der Waals surface area contributed by atoms with Crippen molar-refractivity contribution in [1.29, 1.82) is 0 Å². The van der Waals surface area contributed by atoms with Crippen LogP contribution in [-0.2, 0) is 6.54 Å². The number of hydrogen-bond donors (Lipinski definition) is 1. The molecule has 3 rings (SSSR count). The summed E-state index contributed by atoms with van der Waals surface area (Å²) in [7, 11) is 0. The summed E-state index contributed by atoms with van der Waals surface area (Å²) < 4.78 is 0. The summed E-state index contributed by atoms with van der Waals surface area (Å²) in [6, 6.07) is 5.94. The molecule has 1 saturated carbocycles. The molecule has 1 fully saturated rings. The molecule has 1 aliphatic rings. The highest BCUT2D eigenvalue weighted by Crippen LogP contribution is 2.28. The fourth-order valence-corrected chi connectivity index (χ4v) is 3.09. The standard InChI is InChI=1S/C15H19N3S/c1-2-8-17-14(6-1)15-18-13(11-19-15)10-16-9-7-12-4-3-5-12/h1-2,6,8,11-12,16H,3-5,7,9-10H2. The third-order valence-electron chi connectivity index (χ3n) is 3.70. The van der Waals surface area contributed by atoms with Gasteiger partial charge in [0.15, 0.2) is 0 Å². The maximum absolute atomic E-state index is 4.62. The Kier molecular flexibility index (Phi) is 4.20. The first kappa shape index (κ1) is 12.8. The smallest absolute Gasteiger partial charge is 0.142 e. The Bertz CT molecular complexity index is 505. The molecular weight excluding hydrogens is 254 g/mol. The first-order valence-electron chi connectivity index (χ1n) is 6.98. The fraction of sp³-hybridized carbons (Fsp3) is 0.467. The second-order valence-electron chi connectivity index (χ2n) is 5.12. The molecule has 0 amide bonds. The first-order valence-corrected chi connectivity index (χ1v) is 7.86. The van der Waals surface area contributed by atoms with Gasteiger partial charge in [-0.15, -0.1) is 11.3 Å². The molecule has 0 radical (unpaired) electrons. The van der Waals surface area contributed by atoms with Gasteiger partial charge in [-0.25, -0.2) is 4.98 Å². The lowest BCUT2D eigenvalue weighted by atomic mass is 9.83. The summed E-state index contributed by atoms with van der Waals surface area (Å²) in [5.74, 6) is 0.979. The molecule has 0 bridgehead atoms. The number of hydrogen-bond acceptors (Lipinski definition) is 4. The lowest BCUT2D eigenvalue weighted by Crippen LogP contribution is -2.21. The Morgan fingerprint density at radius 2 is 2.26 bits per heavy atom. The summed E-state index contributed by atoms with van der Waals surface area (Å²) >= 11 is 1.67. The van der Waals surface area contributed by atoms with Gasteiger partial charge in [-0.2, -0.15) is 0 Å². The van der Waals surface area contributed by atoms with Crippen LogP contribution in [-0.4, -0.2) is 16.5 Å². The number of pyridine rings is 1. The van der Waals surface area contributed by atoms with E-state index in [1.165, 1.54) is 25.7 Å². The Morgan fingerprint density at radius 3 is 3.00 bits per heavy atom. The molecule has 3 nitrogen and oxygen atoms in total. The molecule has 0 atom stereocenters. The van der Waals surface area contributed by atoms with Crippen molar-refractivity contribution in [3.05, 3.63) is 35.5 Å². The van der Waals surface area contributed by atoms with E-state index >= 15 is 0 Å². The summed E-state index contributed by atoms with van der Waals surface area (Å²) in [5, 5.41) is 6.63. The molecular formula is C15H19N3S. The summed E-state index contributed by atoms with van der Waals surface area (Å²) in [6.45, 7) is 1.98. The van der Waals surface area contributed by atoms with Crippen molar-refractivity contribution in [2.45, 2.75) is 32.2 Å². The molecule has 1 aliphatic carbocycles. The second-order valence-corrected chi connectivity index (χ2v) is 5.98. The number of rotatable bonds is 6. The molecule has 0 aliphatic heterocycles. The molecule has 100 valence electrons. The summed E-state index contributed by atoms with van der Waals surface area (Å²) in [4.78, 5) is 8.95. The average Bonchev–Trinajstić information content (AvgIpc) is 2.86. The molecule has 4 heteroatoms. The van der Waals surface area contributed by atoms with Crippen LogP contribution in [0.4, 0.5) is 0 Å². The zero-order valence-electron chi connectivity index (χ0n) is 11.0. The van der Waals surface area contributed by atoms with Crippen molar-refractivity contribution in [3.8, 4) is 10.7 Å². The van der Waals surface area contributed by atoms with E-state index in [0.29, 0.717) is 0 Å². The summed E-state index contributed by atoms with van der Waals surface area (Å²) in [6.07, 6.45) is 7.43. The first-order chi connectivity index (χ1) is 9.42. The van der Waals surface area contributed by atoms with Crippen LogP contribution in [0.15, 0.2) is 29.8 Å². The van der Waals surface area contributed by atoms with E-state index in [-0.39, 0.29) is 0 Å². The largest absolute Gasteiger partial charge is 0.311 e. The molecule has 0 saturated heterocycles. The van der Waals surface area contributed by atoms with Gasteiger partial charge in [-0.3, -0.25) is 4.98 Å². The molecule has 2 aromatic heterocycles. The van der Waals surface area contributed by atoms with E-state index in [0.717, 1.165) is 35.4 Å². The van der Waals surface area contributed by atoms with Crippen LogP contribution in [0.3, 0.4) is 0 Å². The van der Waals surface area contributed by atoms with Gasteiger partial charge < -0.3 is 5.32 Å². The van der Waals surface area contributed by atoms with Crippen LogP contribution in [0.2, 0.25) is 0 Å². The minimum Gasteiger partial charge on any atom is -0.311 e. The quantitative estimate of drug-likeness (QED) is 0.819. The van der Waals surface area contributed by atoms with E-state index in [1.54, 1.807) is 11.3 Å². The molecule has 19 heavy (non-hydrogen) atoms. The van der Waals surface area contributed by atoms with Crippen LogP contribution in [0.5, 0.6) is 0 Å². The van der Waals surface area contributed by atoms with Gasteiger partial charge in [-0.1, -0.05) is 25.3 Å². The lowest BCUT2D eigenvalue weighted by molar-refractivity contribution is 0.292. The Morgan fingerprint density at radius 1 is 1.32 bits per heavy atom. The molecule has 0 spiro atoms. The van der Waals surface area contributed by atoms with Gasteiger partial charge in [0.1, 0.15) is 5.01 Å². The Hall–Kier alpha value is -1.26. The third-order valence-corrected chi connectivity index (χ3v) is 4.61. The highest BCUT2D eigenvalue weighted by atomic mass is 32.1. The third kappa shape index (κ3) is 3.39. The zero-order valence-corrected chi connectivity index (χ0v) is 11.8. The normalized spacial score (nSPS) is 15.4. The maximum Gasteiger partial charge on any atom is 0.142 e. The number of thiazole rings is 1. The zero-order chi connectivity index (χ0) is 12.9. The van der Waals surface area contributed by atoms with Gasteiger partial charge in [-0.05, 0) is 31.0 Å². The average molecular weight is 273 g/mol. The second kappa shape index (κ2) is 6.26. The number of aromatic nitrogens is 2. The van der Waals surface area contributed by atoms with E-state index in [1.807, 2.05) is 24.4 Å².